The summed E-state index contributed by atoms with van der Waals surface area (Å²) in [6.07, 6.45) is 0. The molecule has 0 atom stereocenters. The molecule has 0 saturated carbocycles. The van der Waals surface area contributed by atoms with Crippen molar-refractivity contribution in [3.05, 3.63) is 35.0 Å². The summed E-state index contributed by atoms with van der Waals surface area (Å²) < 4.78 is 0. The van der Waals surface area contributed by atoms with E-state index in [9.17, 15) is 0 Å². The van der Waals surface area contributed by atoms with Crippen molar-refractivity contribution in [1.82, 2.24) is 4.98 Å². The fourth-order valence-corrected chi connectivity index (χ4v) is 1.62. The van der Waals surface area contributed by atoms with Gasteiger partial charge in [0.25, 0.3) is 0 Å². The number of hydrogen-bond acceptors (Lipinski definition) is 3. The molecule has 0 aliphatic carbocycles. The lowest BCUT2D eigenvalue weighted by Gasteiger charge is -2.06. The summed E-state index contributed by atoms with van der Waals surface area (Å²) in [6, 6.07) is 7.43. The first-order chi connectivity index (χ1) is 6.70. The maximum absolute atomic E-state index is 5.89. The molecule has 1 aromatic heterocycles. The summed E-state index contributed by atoms with van der Waals surface area (Å²) in [4.78, 5) is 4.37. The molecule has 3 nitrogen and oxygen atoms in total. The Morgan fingerprint density at radius 3 is 2.86 bits per heavy atom. The number of nitrogen functional groups attached to an aromatic ring is 1. The molecular formula is C10H10ClN3. The van der Waals surface area contributed by atoms with E-state index in [0.29, 0.717) is 5.02 Å². The van der Waals surface area contributed by atoms with E-state index in [1.165, 1.54) is 0 Å². The van der Waals surface area contributed by atoms with Crippen LogP contribution in [0, 0.1) is 6.92 Å². The van der Waals surface area contributed by atoms with Gasteiger partial charge in [-0.15, -0.1) is 0 Å². The van der Waals surface area contributed by atoms with Crippen LogP contribution >= 0.6 is 11.6 Å². The number of nitrogens with two attached hydrogens (primary N) is 1. The summed E-state index contributed by atoms with van der Waals surface area (Å²) >= 11 is 5.89. The molecule has 72 valence electrons. The number of benzene rings is 1. The minimum Gasteiger partial charge on any atom is -0.323 e. The first-order valence-corrected chi connectivity index (χ1v) is 4.62. The zero-order valence-corrected chi connectivity index (χ0v) is 8.47. The number of fused-ring (bicyclic) bond motifs is 1. The molecule has 0 spiro atoms. The first-order valence-electron chi connectivity index (χ1n) is 4.24. The van der Waals surface area contributed by atoms with Crippen LogP contribution in [0.25, 0.3) is 10.9 Å². The number of nitrogens with zero attached hydrogens (tertiary/aromatic N) is 1. The number of anilines is 1. The van der Waals surface area contributed by atoms with Crippen molar-refractivity contribution in [1.29, 1.82) is 0 Å². The molecule has 0 radical (unpaired) electrons. The molecule has 2 rings (SSSR count). The van der Waals surface area contributed by atoms with Gasteiger partial charge in [0.05, 0.1) is 11.2 Å². The Balaban J connectivity index is 2.81. The lowest BCUT2D eigenvalue weighted by Crippen LogP contribution is -2.07. The van der Waals surface area contributed by atoms with Crippen LogP contribution in [0.1, 0.15) is 5.69 Å². The van der Waals surface area contributed by atoms with E-state index >= 15 is 0 Å². The number of halogens is 1. The number of aromatic nitrogens is 1. The summed E-state index contributed by atoms with van der Waals surface area (Å²) in [5.41, 5.74) is 5.30. The maximum atomic E-state index is 5.89. The van der Waals surface area contributed by atoms with Gasteiger partial charge in [0.15, 0.2) is 0 Å². The van der Waals surface area contributed by atoms with Gasteiger partial charge in [-0.05, 0) is 31.2 Å². The Labute approximate surface area is 86.9 Å². The Kier molecular flexibility index (Phi) is 2.27. The number of hydrogen-bond donors (Lipinski definition) is 2. The van der Waals surface area contributed by atoms with Crippen molar-refractivity contribution in [3.8, 4) is 0 Å². The van der Waals surface area contributed by atoms with E-state index in [2.05, 4.69) is 10.4 Å². The Hall–Kier alpha value is -1.32. The highest BCUT2D eigenvalue weighted by atomic mass is 35.5. The van der Waals surface area contributed by atoms with Gasteiger partial charge < -0.3 is 5.43 Å². The third-order valence-electron chi connectivity index (χ3n) is 2.05. The third-order valence-corrected chi connectivity index (χ3v) is 2.29. The molecule has 4 heteroatoms. The monoisotopic (exact) mass is 207 g/mol. The molecule has 0 fully saturated rings. The van der Waals surface area contributed by atoms with Crippen molar-refractivity contribution < 1.29 is 0 Å². The normalized spacial score (nSPS) is 10.5. The van der Waals surface area contributed by atoms with Crippen molar-refractivity contribution in [2.45, 2.75) is 6.92 Å². The highest BCUT2D eigenvalue weighted by molar-refractivity contribution is 6.31. The van der Waals surface area contributed by atoms with Crippen LogP contribution in [0.3, 0.4) is 0 Å². The van der Waals surface area contributed by atoms with Gasteiger partial charge in [-0.1, -0.05) is 11.6 Å². The van der Waals surface area contributed by atoms with Crippen LogP contribution in [0.2, 0.25) is 5.02 Å². The van der Waals surface area contributed by atoms with E-state index in [4.69, 9.17) is 17.4 Å². The molecule has 2 aromatic rings. The predicted octanol–water partition coefficient (Wildman–Crippen LogP) is 2.48. The van der Waals surface area contributed by atoms with E-state index in [0.717, 1.165) is 22.3 Å². The lowest BCUT2D eigenvalue weighted by atomic mass is 10.1. The van der Waals surface area contributed by atoms with Crippen molar-refractivity contribution in [2.75, 3.05) is 5.43 Å². The van der Waals surface area contributed by atoms with E-state index in [1.54, 1.807) is 0 Å². The van der Waals surface area contributed by atoms with Crippen molar-refractivity contribution >= 4 is 28.2 Å². The quantitative estimate of drug-likeness (QED) is 0.558. The second kappa shape index (κ2) is 3.44. The van der Waals surface area contributed by atoms with Crippen LogP contribution < -0.4 is 11.3 Å². The van der Waals surface area contributed by atoms with Crippen LogP contribution in [0.15, 0.2) is 24.3 Å². The fraction of sp³-hybridized carbons (Fsp3) is 0.100. The topological polar surface area (TPSA) is 50.9 Å². The van der Waals surface area contributed by atoms with Gasteiger partial charge in [0, 0.05) is 16.1 Å². The van der Waals surface area contributed by atoms with Crippen molar-refractivity contribution in [2.24, 2.45) is 5.84 Å². The number of pyridine rings is 1. The van der Waals surface area contributed by atoms with Gasteiger partial charge in [0.2, 0.25) is 0 Å². The number of rotatable bonds is 1. The van der Waals surface area contributed by atoms with Crippen LogP contribution in [-0.2, 0) is 0 Å². The fourth-order valence-electron chi connectivity index (χ4n) is 1.45. The minimum atomic E-state index is 0.680. The molecular weight excluding hydrogens is 198 g/mol. The summed E-state index contributed by atoms with van der Waals surface area (Å²) in [5, 5.41) is 1.62. The Morgan fingerprint density at radius 1 is 1.36 bits per heavy atom. The van der Waals surface area contributed by atoms with Gasteiger partial charge in [0.1, 0.15) is 0 Å². The van der Waals surface area contributed by atoms with Crippen molar-refractivity contribution in [3.63, 3.8) is 0 Å². The standard InChI is InChI=1S/C10H10ClN3/c1-6-4-10(14-12)8-5-7(11)2-3-9(8)13-6/h2-5H,12H2,1H3,(H,13,14). The van der Waals surface area contributed by atoms with Gasteiger partial charge in [-0.2, -0.15) is 0 Å². The highest BCUT2D eigenvalue weighted by Gasteiger charge is 2.02. The van der Waals surface area contributed by atoms with Gasteiger partial charge in [-0.25, -0.2) is 0 Å². The molecule has 0 saturated heterocycles. The zero-order chi connectivity index (χ0) is 10.1. The molecule has 0 amide bonds. The average Bonchev–Trinajstić information content (AvgIpc) is 2.17. The highest BCUT2D eigenvalue weighted by Crippen LogP contribution is 2.25. The predicted molar refractivity (Wildman–Crippen MR) is 59.3 cm³/mol. The third kappa shape index (κ3) is 1.52. The molecule has 1 aromatic carbocycles. The molecule has 14 heavy (non-hydrogen) atoms. The van der Waals surface area contributed by atoms with E-state index in [1.807, 2.05) is 31.2 Å². The van der Waals surface area contributed by atoms with Gasteiger partial charge >= 0.3 is 0 Å². The largest absolute Gasteiger partial charge is 0.323 e. The summed E-state index contributed by atoms with van der Waals surface area (Å²) in [5.74, 6) is 5.41. The lowest BCUT2D eigenvalue weighted by molar-refractivity contribution is 1.24. The first kappa shape index (κ1) is 9.24. The smallest absolute Gasteiger partial charge is 0.0727 e. The zero-order valence-electron chi connectivity index (χ0n) is 7.71. The second-order valence-corrected chi connectivity index (χ2v) is 3.55. The molecule has 0 aliphatic rings. The van der Waals surface area contributed by atoms with Crippen LogP contribution in [0.4, 0.5) is 5.69 Å². The molecule has 0 unspecified atom stereocenters. The molecule has 3 N–H and O–H groups in total. The molecule has 0 bridgehead atoms. The van der Waals surface area contributed by atoms with Crippen LogP contribution in [-0.4, -0.2) is 4.98 Å². The minimum absolute atomic E-state index is 0.680. The Bertz CT molecular complexity index is 482. The summed E-state index contributed by atoms with van der Waals surface area (Å²) in [6.45, 7) is 1.93. The number of nitrogens with one attached hydrogen (secondary N) is 1. The van der Waals surface area contributed by atoms with Gasteiger partial charge in [-0.3, -0.25) is 10.8 Å². The molecule has 0 aliphatic heterocycles. The average molecular weight is 208 g/mol. The van der Waals surface area contributed by atoms with E-state index in [-0.39, 0.29) is 0 Å². The van der Waals surface area contributed by atoms with E-state index < -0.39 is 0 Å². The SMILES string of the molecule is Cc1cc(NN)c2cc(Cl)ccc2n1. The number of hydrazine groups is 1. The number of aryl methyl sites for hydroxylation is 1. The Morgan fingerprint density at radius 2 is 2.14 bits per heavy atom. The summed E-state index contributed by atoms with van der Waals surface area (Å²) in [7, 11) is 0. The molecule has 1 heterocycles. The second-order valence-electron chi connectivity index (χ2n) is 3.12. The van der Waals surface area contributed by atoms with Crippen LogP contribution in [0.5, 0.6) is 0 Å². The maximum Gasteiger partial charge on any atom is 0.0727 e.